The summed E-state index contributed by atoms with van der Waals surface area (Å²) < 4.78 is 10.7. The van der Waals surface area contributed by atoms with E-state index < -0.39 is 0 Å². The minimum Gasteiger partial charge on any atom is -0.379 e. The van der Waals surface area contributed by atoms with Crippen LogP contribution in [0.4, 0.5) is 4.79 Å². The molecule has 0 spiro atoms. The van der Waals surface area contributed by atoms with E-state index in [4.69, 9.17) is 9.47 Å². The average molecular weight is 282 g/mol. The standard InChI is InChI=1S/C15H26N2O3/c1-15(2,12-5-8-19-9-6-12)11-16-14(18)17-13-4-3-7-20-10-13/h5,13H,3-4,6-11H2,1-2H3,(H2,16,17,18)/t13-/m1/s1. The van der Waals surface area contributed by atoms with Crippen molar-refractivity contribution >= 4 is 6.03 Å². The van der Waals surface area contributed by atoms with E-state index in [1.165, 1.54) is 5.57 Å². The van der Waals surface area contributed by atoms with Crippen LogP contribution in [0.3, 0.4) is 0 Å². The van der Waals surface area contributed by atoms with Gasteiger partial charge in [0.25, 0.3) is 0 Å². The summed E-state index contributed by atoms with van der Waals surface area (Å²) >= 11 is 0. The van der Waals surface area contributed by atoms with Crippen molar-refractivity contribution in [2.75, 3.05) is 33.0 Å². The fourth-order valence-electron chi connectivity index (χ4n) is 2.65. The fourth-order valence-corrected chi connectivity index (χ4v) is 2.65. The van der Waals surface area contributed by atoms with Gasteiger partial charge in [0.05, 0.1) is 25.9 Å². The van der Waals surface area contributed by atoms with Gasteiger partial charge in [-0.1, -0.05) is 25.5 Å². The van der Waals surface area contributed by atoms with Crippen LogP contribution in [0.15, 0.2) is 11.6 Å². The summed E-state index contributed by atoms with van der Waals surface area (Å²) in [6, 6.07) is 0.0513. The predicted octanol–water partition coefficient (Wildman–Crippen LogP) is 1.84. The molecule has 1 saturated heterocycles. The van der Waals surface area contributed by atoms with Gasteiger partial charge in [-0.05, 0) is 19.3 Å². The third kappa shape index (κ3) is 4.49. The molecule has 2 aliphatic rings. The van der Waals surface area contributed by atoms with Crippen LogP contribution >= 0.6 is 0 Å². The second kappa shape index (κ2) is 7.09. The van der Waals surface area contributed by atoms with Gasteiger partial charge in [-0.2, -0.15) is 0 Å². The minimum absolute atomic E-state index is 0.0236. The number of amides is 2. The third-order valence-electron chi connectivity index (χ3n) is 4.02. The lowest BCUT2D eigenvalue weighted by molar-refractivity contribution is 0.0731. The van der Waals surface area contributed by atoms with Gasteiger partial charge in [0.1, 0.15) is 0 Å². The smallest absolute Gasteiger partial charge is 0.315 e. The summed E-state index contributed by atoms with van der Waals surface area (Å²) in [5.74, 6) is 0. The molecule has 2 heterocycles. The zero-order valence-electron chi connectivity index (χ0n) is 12.5. The van der Waals surface area contributed by atoms with Crippen molar-refractivity contribution in [1.82, 2.24) is 10.6 Å². The normalized spacial score (nSPS) is 23.9. The molecule has 2 rings (SSSR count). The monoisotopic (exact) mass is 282 g/mol. The number of rotatable bonds is 4. The second-order valence-corrected chi connectivity index (χ2v) is 6.18. The fraction of sp³-hybridized carbons (Fsp3) is 0.800. The molecule has 0 unspecified atom stereocenters. The Morgan fingerprint density at radius 1 is 1.40 bits per heavy atom. The van der Waals surface area contributed by atoms with Crippen LogP contribution < -0.4 is 10.6 Å². The summed E-state index contributed by atoms with van der Waals surface area (Å²) in [6.07, 6.45) is 5.10. The maximum atomic E-state index is 11.9. The maximum Gasteiger partial charge on any atom is 0.315 e. The van der Waals surface area contributed by atoms with Crippen LogP contribution in [0.5, 0.6) is 0 Å². The van der Waals surface area contributed by atoms with E-state index in [0.29, 0.717) is 19.8 Å². The Morgan fingerprint density at radius 2 is 2.25 bits per heavy atom. The molecule has 0 aromatic carbocycles. The van der Waals surface area contributed by atoms with E-state index in [-0.39, 0.29) is 17.5 Å². The Morgan fingerprint density at radius 3 is 2.90 bits per heavy atom. The van der Waals surface area contributed by atoms with Gasteiger partial charge >= 0.3 is 6.03 Å². The third-order valence-corrected chi connectivity index (χ3v) is 4.02. The lowest BCUT2D eigenvalue weighted by Crippen LogP contribution is -2.48. The molecular weight excluding hydrogens is 256 g/mol. The molecule has 1 fully saturated rings. The highest BCUT2D eigenvalue weighted by molar-refractivity contribution is 5.74. The molecule has 2 N–H and O–H groups in total. The van der Waals surface area contributed by atoms with E-state index >= 15 is 0 Å². The van der Waals surface area contributed by atoms with Crippen molar-refractivity contribution in [2.45, 2.75) is 39.2 Å². The topological polar surface area (TPSA) is 59.6 Å². The van der Waals surface area contributed by atoms with Crippen LogP contribution in [0.2, 0.25) is 0 Å². The molecular formula is C15H26N2O3. The summed E-state index contributed by atoms with van der Waals surface area (Å²) in [6.45, 7) is 7.86. The van der Waals surface area contributed by atoms with Crippen molar-refractivity contribution in [3.63, 3.8) is 0 Å². The molecule has 5 heteroatoms. The SMILES string of the molecule is CC(C)(CNC(=O)N[C@@H]1CCCOC1)C1=CCOCC1. The Balaban J connectivity index is 1.75. The van der Waals surface area contributed by atoms with Gasteiger partial charge < -0.3 is 20.1 Å². The highest BCUT2D eigenvalue weighted by Gasteiger charge is 2.25. The predicted molar refractivity (Wildman–Crippen MR) is 77.7 cm³/mol. The Hall–Kier alpha value is -1.07. The lowest BCUT2D eigenvalue weighted by atomic mass is 9.81. The number of carbonyl (C=O) groups excluding carboxylic acids is 1. The lowest BCUT2D eigenvalue weighted by Gasteiger charge is -2.31. The summed E-state index contributed by atoms with van der Waals surface area (Å²) in [5.41, 5.74) is 1.34. The van der Waals surface area contributed by atoms with Gasteiger partial charge in [-0.15, -0.1) is 0 Å². The molecule has 0 saturated carbocycles. The Bertz CT molecular complexity index is 360. The molecule has 0 aromatic heterocycles. The molecule has 2 aliphatic heterocycles. The molecule has 1 atom stereocenters. The Kier molecular flexibility index (Phi) is 5.43. The summed E-state index contributed by atoms with van der Waals surface area (Å²) in [5, 5.41) is 5.96. The number of nitrogens with one attached hydrogen (secondary N) is 2. The van der Waals surface area contributed by atoms with Gasteiger partial charge in [-0.3, -0.25) is 0 Å². The summed E-state index contributed by atoms with van der Waals surface area (Å²) in [7, 11) is 0. The van der Waals surface area contributed by atoms with E-state index in [1.54, 1.807) is 0 Å². The molecule has 114 valence electrons. The number of ether oxygens (including phenoxy) is 2. The van der Waals surface area contributed by atoms with E-state index in [9.17, 15) is 4.79 Å². The van der Waals surface area contributed by atoms with Gasteiger partial charge in [0.2, 0.25) is 0 Å². The van der Waals surface area contributed by atoms with Crippen LogP contribution in [0.1, 0.15) is 33.1 Å². The van der Waals surface area contributed by atoms with Crippen LogP contribution in [0, 0.1) is 5.41 Å². The number of carbonyl (C=O) groups is 1. The van der Waals surface area contributed by atoms with E-state index in [0.717, 1.165) is 32.5 Å². The first kappa shape index (κ1) is 15.3. The minimum atomic E-state index is -0.0961. The molecule has 0 aromatic rings. The highest BCUT2D eigenvalue weighted by atomic mass is 16.5. The zero-order valence-corrected chi connectivity index (χ0v) is 12.5. The first-order chi connectivity index (χ1) is 9.58. The van der Waals surface area contributed by atoms with Crippen molar-refractivity contribution in [3.05, 3.63) is 11.6 Å². The maximum absolute atomic E-state index is 11.9. The molecule has 5 nitrogen and oxygen atoms in total. The van der Waals surface area contributed by atoms with Crippen molar-refractivity contribution in [1.29, 1.82) is 0 Å². The van der Waals surface area contributed by atoms with Crippen molar-refractivity contribution < 1.29 is 14.3 Å². The van der Waals surface area contributed by atoms with Gasteiger partial charge in [0.15, 0.2) is 0 Å². The largest absolute Gasteiger partial charge is 0.379 e. The van der Waals surface area contributed by atoms with Gasteiger partial charge in [0, 0.05) is 18.6 Å². The van der Waals surface area contributed by atoms with Crippen molar-refractivity contribution in [3.8, 4) is 0 Å². The number of hydrogen-bond acceptors (Lipinski definition) is 3. The highest BCUT2D eigenvalue weighted by Crippen LogP contribution is 2.29. The number of hydrogen-bond donors (Lipinski definition) is 2. The summed E-state index contributed by atoms with van der Waals surface area (Å²) in [4.78, 5) is 11.9. The number of urea groups is 1. The zero-order chi connectivity index (χ0) is 14.4. The van der Waals surface area contributed by atoms with E-state index in [2.05, 4.69) is 30.6 Å². The van der Waals surface area contributed by atoms with Crippen LogP contribution in [0.25, 0.3) is 0 Å². The second-order valence-electron chi connectivity index (χ2n) is 6.18. The molecule has 0 radical (unpaired) electrons. The molecule has 20 heavy (non-hydrogen) atoms. The molecule has 0 bridgehead atoms. The van der Waals surface area contributed by atoms with Crippen LogP contribution in [-0.4, -0.2) is 45.0 Å². The van der Waals surface area contributed by atoms with E-state index in [1.807, 2.05) is 0 Å². The average Bonchev–Trinajstić information content (AvgIpc) is 2.47. The van der Waals surface area contributed by atoms with Crippen LogP contribution in [-0.2, 0) is 9.47 Å². The molecule has 2 amide bonds. The first-order valence-electron chi connectivity index (χ1n) is 7.47. The molecule has 0 aliphatic carbocycles. The Labute approximate surface area is 121 Å². The first-order valence-corrected chi connectivity index (χ1v) is 7.47. The quantitative estimate of drug-likeness (QED) is 0.774. The van der Waals surface area contributed by atoms with Crippen molar-refractivity contribution in [2.24, 2.45) is 5.41 Å². The van der Waals surface area contributed by atoms with Gasteiger partial charge in [-0.25, -0.2) is 4.79 Å².